The van der Waals surface area contributed by atoms with Crippen molar-refractivity contribution in [2.24, 2.45) is 0 Å². The van der Waals surface area contributed by atoms with Gasteiger partial charge in [0, 0.05) is 0 Å². The summed E-state index contributed by atoms with van der Waals surface area (Å²) in [4.78, 5) is 17.3. The van der Waals surface area contributed by atoms with Crippen molar-refractivity contribution in [1.82, 2.24) is 14.9 Å². The second-order valence-corrected chi connectivity index (χ2v) is 7.81. The van der Waals surface area contributed by atoms with Crippen LogP contribution in [0.2, 0.25) is 5.02 Å². The summed E-state index contributed by atoms with van der Waals surface area (Å²) < 4.78 is 8.20. The number of imidazole rings is 1. The van der Waals surface area contributed by atoms with Gasteiger partial charge in [-0.25, -0.2) is 4.98 Å². The smallest absolute Gasteiger partial charge is 0.253 e. The van der Waals surface area contributed by atoms with Crippen molar-refractivity contribution in [2.75, 3.05) is 6.61 Å². The SMILES string of the molecule is Cc1cccc(C)c1OCCn1c(CNC(=O)c2ccccc2Cl)nc2ccccc21. The molecule has 6 heteroatoms. The van der Waals surface area contributed by atoms with Crippen LogP contribution in [0.3, 0.4) is 0 Å². The third-order valence-corrected chi connectivity index (χ3v) is 5.56. The molecule has 1 amide bonds. The van der Waals surface area contributed by atoms with Crippen LogP contribution in [-0.4, -0.2) is 22.1 Å². The maximum Gasteiger partial charge on any atom is 0.253 e. The molecule has 0 spiro atoms. The summed E-state index contributed by atoms with van der Waals surface area (Å²) in [6.07, 6.45) is 0. The number of nitrogens with one attached hydrogen (secondary N) is 1. The predicted molar refractivity (Wildman–Crippen MR) is 124 cm³/mol. The van der Waals surface area contributed by atoms with Crippen LogP contribution in [0.5, 0.6) is 5.75 Å². The lowest BCUT2D eigenvalue weighted by molar-refractivity contribution is 0.0949. The molecular weight excluding hydrogens is 410 g/mol. The average Bonchev–Trinajstić information content (AvgIpc) is 3.12. The zero-order valence-corrected chi connectivity index (χ0v) is 18.3. The number of hydrogen-bond donors (Lipinski definition) is 1. The van der Waals surface area contributed by atoms with Crippen LogP contribution in [0.15, 0.2) is 66.7 Å². The maximum atomic E-state index is 12.6. The van der Waals surface area contributed by atoms with E-state index in [9.17, 15) is 4.79 Å². The third kappa shape index (κ3) is 4.57. The molecule has 4 rings (SSSR count). The van der Waals surface area contributed by atoms with Crippen molar-refractivity contribution in [3.05, 3.63) is 94.3 Å². The topological polar surface area (TPSA) is 56.1 Å². The second kappa shape index (κ2) is 9.23. The maximum absolute atomic E-state index is 12.6. The number of amides is 1. The van der Waals surface area contributed by atoms with Gasteiger partial charge < -0.3 is 14.6 Å². The monoisotopic (exact) mass is 433 g/mol. The van der Waals surface area contributed by atoms with Crippen molar-refractivity contribution in [3.8, 4) is 5.75 Å². The molecular formula is C25H24ClN3O2. The number of aryl methyl sites for hydroxylation is 2. The molecule has 1 heterocycles. The Bertz CT molecular complexity index is 1210. The molecule has 0 saturated carbocycles. The van der Waals surface area contributed by atoms with Crippen LogP contribution in [-0.2, 0) is 13.1 Å². The van der Waals surface area contributed by atoms with Crippen molar-refractivity contribution in [1.29, 1.82) is 0 Å². The minimum Gasteiger partial charge on any atom is -0.491 e. The average molecular weight is 434 g/mol. The number of halogens is 1. The first-order valence-electron chi connectivity index (χ1n) is 10.2. The van der Waals surface area contributed by atoms with Crippen LogP contribution in [0.25, 0.3) is 11.0 Å². The Kier molecular flexibility index (Phi) is 6.23. The second-order valence-electron chi connectivity index (χ2n) is 7.40. The Morgan fingerprint density at radius 2 is 1.71 bits per heavy atom. The van der Waals surface area contributed by atoms with Gasteiger partial charge in [-0.3, -0.25) is 4.79 Å². The van der Waals surface area contributed by atoms with Gasteiger partial charge in [0.1, 0.15) is 18.2 Å². The lowest BCUT2D eigenvalue weighted by Gasteiger charge is -2.14. The largest absolute Gasteiger partial charge is 0.491 e. The summed E-state index contributed by atoms with van der Waals surface area (Å²) in [5.41, 5.74) is 4.57. The molecule has 31 heavy (non-hydrogen) atoms. The Hall–Kier alpha value is -3.31. The van der Waals surface area contributed by atoms with E-state index in [-0.39, 0.29) is 5.91 Å². The number of para-hydroxylation sites is 3. The zero-order valence-electron chi connectivity index (χ0n) is 17.6. The molecule has 0 aliphatic carbocycles. The van der Waals surface area contributed by atoms with E-state index in [1.54, 1.807) is 24.3 Å². The Balaban J connectivity index is 1.52. The number of fused-ring (bicyclic) bond motifs is 1. The van der Waals surface area contributed by atoms with Gasteiger partial charge in [-0.05, 0) is 49.2 Å². The van der Waals surface area contributed by atoms with E-state index in [1.807, 2.05) is 56.3 Å². The van der Waals surface area contributed by atoms with E-state index in [2.05, 4.69) is 9.88 Å². The van der Waals surface area contributed by atoms with Crippen molar-refractivity contribution in [2.45, 2.75) is 26.9 Å². The summed E-state index contributed by atoms with van der Waals surface area (Å²) in [5.74, 6) is 1.46. The molecule has 1 aromatic heterocycles. The van der Waals surface area contributed by atoms with Gasteiger partial charge in [0.2, 0.25) is 0 Å². The van der Waals surface area contributed by atoms with E-state index >= 15 is 0 Å². The van der Waals surface area contributed by atoms with Crippen molar-refractivity contribution in [3.63, 3.8) is 0 Å². The number of ether oxygens (including phenoxy) is 1. The van der Waals surface area contributed by atoms with Crippen LogP contribution >= 0.6 is 11.6 Å². The minimum absolute atomic E-state index is 0.226. The highest BCUT2D eigenvalue weighted by molar-refractivity contribution is 6.33. The third-order valence-electron chi connectivity index (χ3n) is 5.23. The number of rotatable bonds is 7. The van der Waals surface area contributed by atoms with E-state index in [0.717, 1.165) is 33.7 Å². The summed E-state index contributed by atoms with van der Waals surface area (Å²) >= 11 is 6.15. The standard InChI is InChI=1S/C25H24ClN3O2/c1-17-8-7-9-18(2)24(17)31-15-14-29-22-13-6-5-12-21(22)28-23(29)16-27-25(30)19-10-3-4-11-20(19)26/h3-13H,14-16H2,1-2H3,(H,27,30). The molecule has 0 radical (unpaired) electrons. The molecule has 0 aliphatic rings. The highest BCUT2D eigenvalue weighted by Crippen LogP contribution is 2.23. The number of hydrogen-bond acceptors (Lipinski definition) is 3. The molecule has 0 fully saturated rings. The molecule has 0 unspecified atom stereocenters. The molecule has 1 N–H and O–H groups in total. The Labute approximate surface area is 186 Å². The first-order valence-corrected chi connectivity index (χ1v) is 10.6. The Morgan fingerprint density at radius 1 is 1.00 bits per heavy atom. The summed E-state index contributed by atoms with van der Waals surface area (Å²) in [7, 11) is 0. The predicted octanol–water partition coefficient (Wildman–Crippen LogP) is 5.32. The molecule has 158 valence electrons. The summed E-state index contributed by atoms with van der Waals surface area (Å²) in [6, 6.07) is 21.1. The van der Waals surface area contributed by atoms with Gasteiger partial charge in [-0.1, -0.05) is 54.1 Å². The fourth-order valence-electron chi connectivity index (χ4n) is 3.68. The van der Waals surface area contributed by atoms with Crippen molar-refractivity contribution >= 4 is 28.5 Å². The van der Waals surface area contributed by atoms with Crippen LogP contribution < -0.4 is 10.1 Å². The molecule has 0 saturated heterocycles. The lowest BCUT2D eigenvalue weighted by Crippen LogP contribution is -2.25. The molecule has 3 aromatic carbocycles. The first kappa shape index (κ1) is 20.9. The highest BCUT2D eigenvalue weighted by atomic mass is 35.5. The number of benzene rings is 3. The van der Waals surface area contributed by atoms with E-state index in [1.165, 1.54) is 0 Å². The molecule has 0 aliphatic heterocycles. The molecule has 5 nitrogen and oxygen atoms in total. The molecule has 4 aromatic rings. The van der Waals surface area contributed by atoms with Gasteiger partial charge in [0.25, 0.3) is 5.91 Å². The summed E-state index contributed by atoms with van der Waals surface area (Å²) in [6.45, 7) is 5.50. The van der Waals surface area contributed by atoms with Gasteiger partial charge in [0.05, 0.1) is 34.7 Å². The first-order chi connectivity index (χ1) is 15.0. The molecule has 0 atom stereocenters. The number of carbonyl (C=O) groups is 1. The van der Waals surface area contributed by atoms with Gasteiger partial charge in [-0.15, -0.1) is 0 Å². The van der Waals surface area contributed by atoms with E-state index in [0.29, 0.717) is 30.3 Å². The fraction of sp³-hybridized carbons (Fsp3) is 0.200. The van der Waals surface area contributed by atoms with Gasteiger partial charge >= 0.3 is 0 Å². The van der Waals surface area contributed by atoms with Crippen LogP contribution in [0, 0.1) is 13.8 Å². The quantitative estimate of drug-likeness (QED) is 0.429. The van der Waals surface area contributed by atoms with E-state index in [4.69, 9.17) is 21.3 Å². The highest BCUT2D eigenvalue weighted by Gasteiger charge is 2.14. The van der Waals surface area contributed by atoms with E-state index < -0.39 is 0 Å². The molecule has 0 bridgehead atoms. The van der Waals surface area contributed by atoms with Gasteiger partial charge in [0.15, 0.2) is 0 Å². The van der Waals surface area contributed by atoms with Crippen LogP contribution in [0.4, 0.5) is 0 Å². The number of nitrogens with zero attached hydrogens (tertiary/aromatic N) is 2. The minimum atomic E-state index is -0.226. The van der Waals surface area contributed by atoms with Gasteiger partial charge in [-0.2, -0.15) is 0 Å². The summed E-state index contributed by atoms with van der Waals surface area (Å²) in [5, 5.41) is 3.36. The Morgan fingerprint density at radius 3 is 2.48 bits per heavy atom. The number of carbonyl (C=O) groups excluding carboxylic acids is 1. The van der Waals surface area contributed by atoms with Crippen LogP contribution in [0.1, 0.15) is 27.3 Å². The fourth-order valence-corrected chi connectivity index (χ4v) is 3.90. The normalized spacial score (nSPS) is 10.9. The lowest BCUT2D eigenvalue weighted by atomic mass is 10.1. The number of aromatic nitrogens is 2. The zero-order chi connectivity index (χ0) is 21.8. The van der Waals surface area contributed by atoms with Crippen molar-refractivity contribution < 1.29 is 9.53 Å².